The number of rotatable bonds is 4. The summed E-state index contributed by atoms with van der Waals surface area (Å²) in [4.78, 5) is 11.1. The van der Waals surface area contributed by atoms with Crippen LogP contribution in [0.15, 0.2) is 43.0 Å². The zero-order chi connectivity index (χ0) is 10.4. The fraction of sp³-hybridized carbons (Fsp3) is 0.100. The van der Waals surface area contributed by atoms with Crippen molar-refractivity contribution in [2.45, 2.75) is 0 Å². The van der Waals surface area contributed by atoms with Crippen LogP contribution in [-0.4, -0.2) is 12.6 Å². The van der Waals surface area contributed by atoms with Crippen LogP contribution in [0, 0.1) is 0 Å². The van der Waals surface area contributed by atoms with Gasteiger partial charge in [0.05, 0.1) is 5.69 Å². The monoisotopic (exact) mass is 191 g/mol. The Labute approximate surface area is 83.0 Å². The Balaban J connectivity index is 2.78. The molecule has 1 aromatic rings. The third-order valence-corrected chi connectivity index (χ3v) is 1.63. The molecule has 74 valence electrons. The molecule has 0 fully saturated rings. The van der Waals surface area contributed by atoms with Crippen LogP contribution < -0.4 is 16.2 Å². The van der Waals surface area contributed by atoms with Gasteiger partial charge in [-0.2, -0.15) is 0 Å². The van der Waals surface area contributed by atoms with Crippen LogP contribution in [0.2, 0.25) is 0 Å². The minimum Gasteiger partial charge on any atom is -0.350 e. The minimum absolute atomic E-state index is 0.484. The number of nitrogens with two attached hydrogens (primary N) is 1. The summed E-state index contributed by atoms with van der Waals surface area (Å²) in [6.45, 7) is 4.03. The van der Waals surface area contributed by atoms with E-state index in [9.17, 15) is 4.79 Å². The number of benzene rings is 1. The molecule has 1 aromatic carbocycles. The largest absolute Gasteiger partial charge is 0.350 e. The normalized spacial score (nSPS) is 9.43. The topological polar surface area (TPSA) is 58.4 Å². The summed E-state index contributed by atoms with van der Waals surface area (Å²) in [6.07, 6.45) is 1.65. The van der Waals surface area contributed by atoms with E-state index in [1.807, 2.05) is 18.2 Å². The van der Waals surface area contributed by atoms with E-state index >= 15 is 0 Å². The van der Waals surface area contributed by atoms with Crippen LogP contribution >= 0.6 is 0 Å². The number of carbonyl (C=O) groups excluding carboxylic acids is 1. The van der Waals surface area contributed by atoms with Crippen LogP contribution in [0.3, 0.4) is 0 Å². The van der Waals surface area contributed by atoms with E-state index < -0.39 is 6.03 Å². The van der Waals surface area contributed by atoms with Gasteiger partial charge in [-0.3, -0.25) is 0 Å². The Morgan fingerprint density at radius 3 is 2.64 bits per heavy atom. The van der Waals surface area contributed by atoms with Crippen molar-refractivity contribution < 1.29 is 4.79 Å². The van der Waals surface area contributed by atoms with E-state index in [-0.39, 0.29) is 0 Å². The Kier molecular flexibility index (Phi) is 3.69. The summed E-state index contributed by atoms with van der Waals surface area (Å²) in [7, 11) is 0. The predicted octanol–water partition coefficient (Wildman–Crippen LogP) is 1.26. The van der Waals surface area contributed by atoms with Gasteiger partial charge in [0, 0.05) is 6.54 Å². The maximum atomic E-state index is 11.1. The van der Waals surface area contributed by atoms with Crippen molar-refractivity contribution in [3.63, 3.8) is 0 Å². The molecule has 0 aliphatic heterocycles. The summed E-state index contributed by atoms with van der Waals surface area (Å²) < 4.78 is 0. The van der Waals surface area contributed by atoms with E-state index in [2.05, 4.69) is 12.0 Å². The van der Waals surface area contributed by atoms with Gasteiger partial charge in [-0.05, 0) is 12.1 Å². The summed E-state index contributed by atoms with van der Waals surface area (Å²) in [5, 5.41) is 1.28. The van der Waals surface area contributed by atoms with Gasteiger partial charge in [0.1, 0.15) is 0 Å². The first-order valence-corrected chi connectivity index (χ1v) is 4.24. The van der Waals surface area contributed by atoms with Crippen LogP contribution in [0.1, 0.15) is 0 Å². The maximum absolute atomic E-state index is 11.1. The molecular formula is C10H13N3O. The molecular weight excluding hydrogens is 178 g/mol. The third-order valence-electron chi connectivity index (χ3n) is 1.63. The lowest BCUT2D eigenvalue weighted by atomic mass is 10.3. The molecule has 0 aliphatic rings. The maximum Gasteiger partial charge on any atom is 0.333 e. The lowest BCUT2D eigenvalue weighted by Gasteiger charge is -2.20. The van der Waals surface area contributed by atoms with Crippen molar-refractivity contribution in [2.75, 3.05) is 11.6 Å². The van der Waals surface area contributed by atoms with Crippen LogP contribution in [0.4, 0.5) is 10.5 Å². The summed E-state index contributed by atoms with van der Waals surface area (Å²) in [6, 6.07) is 8.58. The Morgan fingerprint density at radius 2 is 2.14 bits per heavy atom. The summed E-state index contributed by atoms with van der Waals surface area (Å²) >= 11 is 0. The van der Waals surface area contributed by atoms with Gasteiger partial charge in [0.25, 0.3) is 0 Å². The number of carbonyl (C=O) groups is 1. The van der Waals surface area contributed by atoms with Crippen LogP contribution in [0.25, 0.3) is 0 Å². The average molecular weight is 191 g/mol. The van der Waals surface area contributed by atoms with Gasteiger partial charge in [-0.25, -0.2) is 15.2 Å². The quantitative estimate of drug-likeness (QED) is 0.556. The zero-order valence-corrected chi connectivity index (χ0v) is 7.81. The van der Waals surface area contributed by atoms with Gasteiger partial charge in [0.2, 0.25) is 0 Å². The highest BCUT2D eigenvalue weighted by atomic mass is 16.2. The zero-order valence-electron chi connectivity index (χ0n) is 7.81. The van der Waals surface area contributed by atoms with Crippen molar-refractivity contribution >= 4 is 11.7 Å². The number of para-hydroxylation sites is 1. The number of primary amides is 1. The molecule has 0 radical (unpaired) electrons. The summed E-state index contributed by atoms with van der Waals surface area (Å²) in [5.41, 5.74) is 8.74. The van der Waals surface area contributed by atoms with E-state index in [4.69, 9.17) is 5.73 Å². The number of nitrogens with one attached hydrogen (secondary N) is 1. The first-order chi connectivity index (χ1) is 6.75. The van der Waals surface area contributed by atoms with Gasteiger partial charge < -0.3 is 5.73 Å². The number of urea groups is 1. The minimum atomic E-state index is -0.543. The second kappa shape index (κ2) is 5.04. The van der Waals surface area contributed by atoms with Gasteiger partial charge in [-0.15, -0.1) is 6.58 Å². The molecule has 1 rings (SSSR count). The van der Waals surface area contributed by atoms with Gasteiger partial charge >= 0.3 is 6.03 Å². The lowest BCUT2D eigenvalue weighted by Crippen LogP contribution is -2.46. The molecule has 0 saturated carbocycles. The molecule has 14 heavy (non-hydrogen) atoms. The number of nitrogens with zero attached hydrogens (tertiary/aromatic N) is 1. The molecule has 0 spiro atoms. The predicted molar refractivity (Wildman–Crippen MR) is 56.7 cm³/mol. The number of hydrazine groups is 1. The first kappa shape index (κ1) is 10.3. The lowest BCUT2D eigenvalue weighted by molar-refractivity contribution is 0.251. The SMILES string of the molecule is C=CCNN(C(N)=O)c1ccccc1. The second-order valence-corrected chi connectivity index (χ2v) is 2.66. The van der Waals surface area contributed by atoms with E-state index in [0.717, 1.165) is 0 Å². The highest BCUT2D eigenvalue weighted by molar-refractivity contribution is 5.89. The standard InChI is InChI=1S/C10H13N3O/c1-2-8-12-13(10(11)14)9-6-4-3-5-7-9/h2-7,12H,1,8H2,(H2,11,14). The Morgan fingerprint density at radius 1 is 1.50 bits per heavy atom. The third kappa shape index (κ3) is 2.60. The van der Waals surface area contributed by atoms with Crippen molar-refractivity contribution in [1.29, 1.82) is 0 Å². The van der Waals surface area contributed by atoms with E-state index in [1.54, 1.807) is 18.2 Å². The molecule has 0 heterocycles. The number of anilines is 1. The second-order valence-electron chi connectivity index (χ2n) is 2.66. The molecule has 0 saturated heterocycles. The van der Waals surface area contributed by atoms with Crippen molar-refractivity contribution in [1.82, 2.24) is 5.43 Å². The molecule has 0 bridgehead atoms. The Hall–Kier alpha value is -1.81. The van der Waals surface area contributed by atoms with Gasteiger partial charge in [0.15, 0.2) is 0 Å². The first-order valence-electron chi connectivity index (χ1n) is 4.24. The van der Waals surface area contributed by atoms with E-state index in [1.165, 1.54) is 5.01 Å². The smallest absolute Gasteiger partial charge is 0.333 e. The summed E-state index contributed by atoms with van der Waals surface area (Å²) in [5.74, 6) is 0. The molecule has 0 atom stereocenters. The molecule has 0 aliphatic carbocycles. The highest BCUT2D eigenvalue weighted by Gasteiger charge is 2.09. The Bertz CT molecular complexity index is 310. The van der Waals surface area contributed by atoms with E-state index in [0.29, 0.717) is 12.2 Å². The highest BCUT2D eigenvalue weighted by Crippen LogP contribution is 2.09. The van der Waals surface area contributed by atoms with Crippen molar-refractivity contribution in [2.24, 2.45) is 5.73 Å². The number of hydrogen-bond acceptors (Lipinski definition) is 2. The number of hydrogen-bond donors (Lipinski definition) is 2. The van der Waals surface area contributed by atoms with Crippen LogP contribution in [-0.2, 0) is 0 Å². The fourth-order valence-electron chi connectivity index (χ4n) is 1.03. The average Bonchev–Trinajstić information content (AvgIpc) is 2.19. The van der Waals surface area contributed by atoms with Crippen molar-refractivity contribution in [3.05, 3.63) is 43.0 Å². The molecule has 4 nitrogen and oxygen atoms in total. The molecule has 3 N–H and O–H groups in total. The van der Waals surface area contributed by atoms with Crippen LogP contribution in [0.5, 0.6) is 0 Å². The fourth-order valence-corrected chi connectivity index (χ4v) is 1.03. The van der Waals surface area contributed by atoms with Crippen molar-refractivity contribution in [3.8, 4) is 0 Å². The number of amides is 2. The molecule has 0 aromatic heterocycles. The molecule has 0 unspecified atom stereocenters. The molecule has 4 heteroatoms. The van der Waals surface area contributed by atoms with Gasteiger partial charge in [-0.1, -0.05) is 24.3 Å². The molecule has 2 amide bonds.